The van der Waals surface area contributed by atoms with Gasteiger partial charge >= 0.3 is 22.8 Å². The molecule has 8 nitrogen and oxygen atoms in total. The molecule has 3 unspecified atom stereocenters. The second kappa shape index (κ2) is 5.99. The number of aliphatic carboxylic acids is 1. The van der Waals surface area contributed by atoms with Gasteiger partial charge in [-0.1, -0.05) is 23.1 Å². The Bertz CT molecular complexity index is 1010. The van der Waals surface area contributed by atoms with Crippen LogP contribution in [0, 0.1) is 5.92 Å². The number of ether oxygens (including phenoxy) is 2. The lowest BCUT2D eigenvalue weighted by Gasteiger charge is -2.37. The van der Waals surface area contributed by atoms with E-state index in [1.165, 1.54) is 25.3 Å². The van der Waals surface area contributed by atoms with E-state index in [0.29, 0.717) is 15.5 Å². The monoisotopic (exact) mass is 393 g/mol. The summed E-state index contributed by atoms with van der Waals surface area (Å²) in [5.74, 6) is -3.85. The Morgan fingerprint density at radius 3 is 2.77 bits per heavy atom. The van der Waals surface area contributed by atoms with Gasteiger partial charge in [0.15, 0.2) is 0 Å². The quantitative estimate of drug-likeness (QED) is 0.581. The molecule has 3 heterocycles. The summed E-state index contributed by atoms with van der Waals surface area (Å²) in [6.45, 7) is 0. The summed E-state index contributed by atoms with van der Waals surface area (Å²) >= 11 is 1.85. The van der Waals surface area contributed by atoms with Crippen LogP contribution in [0.5, 0.6) is 5.75 Å². The van der Waals surface area contributed by atoms with Gasteiger partial charge in [-0.2, -0.15) is 0 Å². The van der Waals surface area contributed by atoms with Crippen molar-refractivity contribution in [3.63, 3.8) is 0 Å². The Labute approximate surface area is 154 Å². The van der Waals surface area contributed by atoms with Gasteiger partial charge in [0, 0.05) is 16.4 Å². The fourth-order valence-corrected chi connectivity index (χ4v) is 5.66. The zero-order valence-electron chi connectivity index (χ0n) is 13.2. The van der Waals surface area contributed by atoms with Crippen LogP contribution in [-0.4, -0.2) is 40.4 Å². The maximum absolute atomic E-state index is 12.5. The first-order valence-corrected chi connectivity index (χ1v) is 9.16. The lowest BCUT2D eigenvalue weighted by molar-refractivity contribution is -0.147. The Balaban J connectivity index is 1.95. The highest BCUT2D eigenvalue weighted by atomic mass is 32.2. The zero-order chi connectivity index (χ0) is 18.6. The Morgan fingerprint density at radius 2 is 2.08 bits per heavy atom. The third kappa shape index (κ3) is 2.44. The topological polar surface area (TPSA) is 123 Å². The second-order valence-electron chi connectivity index (χ2n) is 5.75. The number of carbonyl (C=O) groups excluding carboxylic acids is 2. The number of fused-ring (bicyclic) bond motifs is 5. The minimum absolute atomic E-state index is 0.242. The lowest BCUT2D eigenvalue weighted by Crippen LogP contribution is -2.44. The van der Waals surface area contributed by atoms with Crippen molar-refractivity contribution in [1.29, 1.82) is 0 Å². The van der Waals surface area contributed by atoms with Crippen LogP contribution >= 0.6 is 23.1 Å². The van der Waals surface area contributed by atoms with E-state index in [1.54, 1.807) is 0 Å². The molecule has 2 aliphatic heterocycles. The van der Waals surface area contributed by atoms with Crippen molar-refractivity contribution in [1.82, 2.24) is 4.98 Å². The number of H-pyrrole nitrogens is 1. The van der Waals surface area contributed by atoms with Crippen LogP contribution in [0.25, 0.3) is 0 Å². The van der Waals surface area contributed by atoms with Gasteiger partial charge in [0.2, 0.25) is 0 Å². The van der Waals surface area contributed by atoms with Crippen molar-refractivity contribution in [2.24, 2.45) is 5.92 Å². The number of rotatable bonds is 2. The van der Waals surface area contributed by atoms with E-state index < -0.39 is 35.0 Å². The highest BCUT2D eigenvalue weighted by Crippen LogP contribution is 2.53. The van der Waals surface area contributed by atoms with Crippen LogP contribution in [0.15, 0.2) is 28.0 Å². The molecule has 2 aromatic rings. The molecule has 2 aliphatic rings. The van der Waals surface area contributed by atoms with Crippen molar-refractivity contribution in [2.75, 3.05) is 7.11 Å². The molecule has 2 N–H and O–H groups in total. The predicted octanol–water partition coefficient (Wildman–Crippen LogP) is 1.45. The highest BCUT2D eigenvalue weighted by Gasteiger charge is 2.51. The van der Waals surface area contributed by atoms with Crippen LogP contribution in [0.2, 0.25) is 0 Å². The molecule has 1 aromatic heterocycles. The van der Waals surface area contributed by atoms with Crippen LogP contribution in [0.4, 0.5) is 0 Å². The van der Waals surface area contributed by atoms with Gasteiger partial charge in [-0.25, -0.2) is 4.79 Å². The Kier molecular flexibility index (Phi) is 3.88. The van der Waals surface area contributed by atoms with Crippen LogP contribution < -0.4 is 9.61 Å². The molecule has 134 valence electrons. The smallest absolute Gasteiger partial charge is 0.337 e. The summed E-state index contributed by atoms with van der Waals surface area (Å²) in [5, 5.41) is 8.88. The molecule has 0 amide bonds. The number of esters is 2. The molecular formula is C16H11NO7S2. The lowest BCUT2D eigenvalue weighted by atomic mass is 9.79. The molecule has 0 fully saturated rings. The molecule has 4 rings (SSSR count). The first kappa shape index (κ1) is 16.9. The van der Waals surface area contributed by atoms with Crippen molar-refractivity contribution < 1.29 is 29.0 Å². The van der Waals surface area contributed by atoms with E-state index in [1.807, 2.05) is 0 Å². The summed E-state index contributed by atoms with van der Waals surface area (Å²) in [6.07, 6.45) is 0. The number of nitrogens with one attached hydrogen (secondary N) is 1. The Morgan fingerprint density at radius 1 is 1.31 bits per heavy atom. The molecule has 0 bridgehead atoms. The van der Waals surface area contributed by atoms with E-state index >= 15 is 0 Å². The van der Waals surface area contributed by atoms with Gasteiger partial charge in [0.05, 0.1) is 23.6 Å². The summed E-state index contributed by atoms with van der Waals surface area (Å²) in [4.78, 5) is 50.8. The van der Waals surface area contributed by atoms with E-state index in [-0.39, 0.29) is 16.2 Å². The number of thiazole rings is 1. The summed E-state index contributed by atoms with van der Waals surface area (Å²) in [5.41, 5.74) is 0.734. The maximum atomic E-state index is 12.5. The van der Waals surface area contributed by atoms with Gasteiger partial charge in [-0.05, 0) is 18.2 Å². The average Bonchev–Trinajstić information content (AvgIpc) is 2.99. The van der Waals surface area contributed by atoms with Gasteiger partial charge in [-0.3, -0.25) is 14.4 Å². The Hall–Kier alpha value is -2.59. The molecule has 1 aromatic carbocycles. The fraction of sp³-hybridized carbons (Fsp3) is 0.250. The van der Waals surface area contributed by atoms with E-state index in [4.69, 9.17) is 9.47 Å². The number of carboxylic acid groups (broad SMARTS) is 1. The number of carbonyl (C=O) groups is 3. The van der Waals surface area contributed by atoms with Crippen molar-refractivity contribution >= 4 is 41.0 Å². The number of methoxy groups -OCH3 is 1. The molecule has 0 radical (unpaired) electrons. The average molecular weight is 393 g/mol. The molecule has 0 saturated heterocycles. The van der Waals surface area contributed by atoms with Gasteiger partial charge < -0.3 is 19.6 Å². The summed E-state index contributed by atoms with van der Waals surface area (Å²) in [7, 11) is 1.25. The van der Waals surface area contributed by atoms with Crippen molar-refractivity contribution in [2.45, 2.75) is 16.2 Å². The van der Waals surface area contributed by atoms with Crippen molar-refractivity contribution in [3.05, 3.63) is 43.9 Å². The van der Waals surface area contributed by atoms with Crippen molar-refractivity contribution in [3.8, 4) is 5.75 Å². The molecule has 3 atom stereocenters. The number of aromatic nitrogens is 1. The third-order valence-electron chi connectivity index (χ3n) is 4.35. The molecule has 0 spiro atoms. The predicted molar refractivity (Wildman–Crippen MR) is 91.0 cm³/mol. The molecule has 0 aliphatic carbocycles. The molecule has 0 saturated carbocycles. The van der Waals surface area contributed by atoms with Gasteiger partial charge in [0.1, 0.15) is 11.0 Å². The fourth-order valence-electron chi connectivity index (χ4n) is 3.26. The summed E-state index contributed by atoms with van der Waals surface area (Å²) in [6, 6.07) is 4.46. The number of thioether (sulfide) groups is 1. The highest BCUT2D eigenvalue weighted by molar-refractivity contribution is 8.00. The maximum Gasteiger partial charge on any atom is 0.337 e. The van der Waals surface area contributed by atoms with E-state index in [9.17, 15) is 24.3 Å². The second-order valence-corrected chi connectivity index (χ2v) is 7.92. The molecule has 10 heteroatoms. The largest absolute Gasteiger partial charge is 0.480 e. The molecule has 26 heavy (non-hydrogen) atoms. The minimum atomic E-state index is -1.17. The standard InChI is InChI=1S/C16H11NO7S2/c1-23-14(20)5-2-3-7-6(4-5)8-9(15(21)24-7)11(13(18)19)25-12-10(8)26-16(22)17-12/h2-4,8-9,11H,1H3,(H,17,22)(H,18,19). The zero-order valence-corrected chi connectivity index (χ0v) is 14.8. The SMILES string of the molecule is COC(=O)c1ccc2c(c1)C1c3sc(=O)[nH]c3SC(C(=O)O)C1C(=O)O2. The molecular weight excluding hydrogens is 382 g/mol. The number of aromatic amines is 1. The first-order chi connectivity index (χ1) is 12.4. The van der Waals surface area contributed by atoms with Crippen LogP contribution in [0.3, 0.4) is 0 Å². The number of hydrogen-bond acceptors (Lipinski definition) is 8. The van der Waals surface area contributed by atoms with Gasteiger partial charge in [0.25, 0.3) is 0 Å². The van der Waals surface area contributed by atoms with E-state index in [2.05, 4.69) is 4.98 Å². The van der Waals surface area contributed by atoms with Gasteiger partial charge in [-0.15, -0.1) is 0 Å². The van der Waals surface area contributed by atoms with E-state index in [0.717, 1.165) is 23.1 Å². The number of benzene rings is 1. The summed E-state index contributed by atoms with van der Waals surface area (Å²) < 4.78 is 10.0. The van der Waals surface area contributed by atoms with Crippen LogP contribution in [-0.2, 0) is 14.3 Å². The number of carboxylic acids is 1. The number of hydrogen-bond donors (Lipinski definition) is 2. The minimum Gasteiger partial charge on any atom is -0.480 e. The third-order valence-corrected chi connectivity index (χ3v) is 6.75. The normalized spacial score (nSPS) is 23.3. The van der Waals surface area contributed by atoms with Crippen LogP contribution in [0.1, 0.15) is 26.7 Å². The first-order valence-electron chi connectivity index (χ1n) is 7.47.